The lowest BCUT2D eigenvalue weighted by Gasteiger charge is -2.25. The molecule has 12 nitrogen and oxygen atoms in total. The van der Waals surface area contributed by atoms with Crippen LogP contribution in [0.4, 0.5) is 14.6 Å². The number of nitrogen functional groups attached to an aromatic ring is 1. The highest BCUT2D eigenvalue weighted by molar-refractivity contribution is 7.52. The van der Waals surface area contributed by atoms with Crippen LogP contribution in [0.2, 0.25) is 0 Å². The molecule has 5 atom stereocenters. The summed E-state index contributed by atoms with van der Waals surface area (Å²) < 4.78 is 64.6. The predicted octanol–water partition coefficient (Wildman–Crippen LogP) is 1.85. The standard InChI is InChI=1S/C21H27F2N4O8P/c1-12(2)33-18(29)13(3)26-36(31,35-14-7-5-4-6-8-14)32-11-15-17(28)21(22,23)19(34-15)27-10-9-16(24)25-20(27)30/h4-10,12-13,15,17,19,28H,11H2,1-3H3,(H,26,31)(H2,24,25,30)/t13-,15+,17-,19+,36?/m0/s1. The first kappa shape index (κ1) is 27.7. The summed E-state index contributed by atoms with van der Waals surface area (Å²) in [6.07, 6.45) is -5.91. The second kappa shape index (κ2) is 11.0. The Morgan fingerprint density at radius 1 is 1.31 bits per heavy atom. The lowest BCUT2D eigenvalue weighted by atomic mass is 10.1. The van der Waals surface area contributed by atoms with Crippen LogP contribution in [-0.4, -0.2) is 57.5 Å². The summed E-state index contributed by atoms with van der Waals surface area (Å²) in [5, 5.41) is 12.6. The van der Waals surface area contributed by atoms with E-state index >= 15 is 0 Å². The topological polar surface area (TPSA) is 164 Å². The lowest BCUT2D eigenvalue weighted by Crippen LogP contribution is -2.42. The second-order valence-corrected chi connectivity index (χ2v) is 9.92. The molecular weight excluding hydrogens is 505 g/mol. The third kappa shape index (κ3) is 6.45. The predicted molar refractivity (Wildman–Crippen MR) is 122 cm³/mol. The van der Waals surface area contributed by atoms with Crippen molar-refractivity contribution in [3.8, 4) is 5.75 Å². The quantitative estimate of drug-likeness (QED) is 0.302. The number of alkyl halides is 2. The van der Waals surface area contributed by atoms with Crippen molar-refractivity contribution in [3.63, 3.8) is 0 Å². The molecule has 4 N–H and O–H groups in total. The number of rotatable bonds is 10. The fourth-order valence-corrected chi connectivity index (χ4v) is 4.72. The molecule has 0 bridgehead atoms. The van der Waals surface area contributed by atoms with Crippen LogP contribution >= 0.6 is 7.75 Å². The van der Waals surface area contributed by atoms with Gasteiger partial charge in [0.2, 0.25) is 6.23 Å². The van der Waals surface area contributed by atoms with E-state index in [1.54, 1.807) is 32.0 Å². The van der Waals surface area contributed by atoms with Gasteiger partial charge in [0.05, 0.1) is 12.7 Å². The highest BCUT2D eigenvalue weighted by atomic mass is 31.2. The fraction of sp³-hybridized carbons (Fsp3) is 0.476. The lowest BCUT2D eigenvalue weighted by molar-refractivity contribution is -0.149. The van der Waals surface area contributed by atoms with Crippen molar-refractivity contribution in [2.24, 2.45) is 0 Å². The Morgan fingerprint density at radius 3 is 2.58 bits per heavy atom. The number of para-hydroxylation sites is 1. The Bertz CT molecular complexity index is 1170. The molecule has 15 heteroatoms. The first-order valence-electron chi connectivity index (χ1n) is 10.9. The van der Waals surface area contributed by atoms with Crippen LogP contribution in [0.3, 0.4) is 0 Å². The number of aliphatic hydroxyl groups excluding tert-OH is 1. The van der Waals surface area contributed by atoms with Crippen molar-refractivity contribution in [2.75, 3.05) is 12.3 Å². The third-order valence-corrected chi connectivity index (χ3v) is 6.56. The fourth-order valence-electron chi connectivity index (χ4n) is 3.22. The van der Waals surface area contributed by atoms with Gasteiger partial charge in [-0.3, -0.25) is 13.9 Å². The summed E-state index contributed by atoms with van der Waals surface area (Å²) in [5.74, 6) is -4.80. The number of hydrogen-bond acceptors (Lipinski definition) is 10. The molecule has 0 spiro atoms. The zero-order chi connectivity index (χ0) is 26.7. The summed E-state index contributed by atoms with van der Waals surface area (Å²) in [6, 6.07) is 7.70. The number of nitrogens with one attached hydrogen (secondary N) is 1. The molecule has 0 aliphatic carbocycles. The number of nitrogens with two attached hydrogens (primary N) is 1. The molecule has 36 heavy (non-hydrogen) atoms. The molecule has 1 aliphatic rings. The SMILES string of the molecule is CC(C)OC(=O)[C@H](C)NP(=O)(OC[C@H]1O[C@@H](n2ccc(N)nc2=O)C(F)(F)[C@H]1O)Oc1ccccc1. The number of ether oxygens (including phenoxy) is 2. The molecule has 198 valence electrons. The van der Waals surface area contributed by atoms with Crippen molar-refractivity contribution in [3.05, 3.63) is 53.1 Å². The van der Waals surface area contributed by atoms with E-state index in [4.69, 9.17) is 24.3 Å². The monoisotopic (exact) mass is 532 g/mol. The van der Waals surface area contributed by atoms with E-state index in [0.29, 0.717) is 4.57 Å². The zero-order valence-electron chi connectivity index (χ0n) is 19.6. The van der Waals surface area contributed by atoms with Gasteiger partial charge in [-0.25, -0.2) is 9.36 Å². The molecule has 2 aromatic rings. The minimum atomic E-state index is -4.41. The Morgan fingerprint density at radius 2 is 1.97 bits per heavy atom. The molecule has 0 saturated carbocycles. The maximum absolute atomic E-state index is 14.8. The van der Waals surface area contributed by atoms with Gasteiger partial charge in [0, 0.05) is 6.20 Å². The molecule has 0 amide bonds. The van der Waals surface area contributed by atoms with E-state index in [-0.39, 0.29) is 11.6 Å². The summed E-state index contributed by atoms with van der Waals surface area (Å²) in [7, 11) is -4.41. The van der Waals surface area contributed by atoms with Crippen LogP contribution in [0, 0.1) is 0 Å². The van der Waals surface area contributed by atoms with Crippen LogP contribution in [0.25, 0.3) is 0 Å². The highest BCUT2D eigenvalue weighted by Gasteiger charge is 2.60. The van der Waals surface area contributed by atoms with Gasteiger partial charge in [0.15, 0.2) is 6.10 Å². The third-order valence-electron chi connectivity index (χ3n) is 4.92. The number of esters is 1. The van der Waals surface area contributed by atoms with E-state index < -0.39 is 62.5 Å². The van der Waals surface area contributed by atoms with Crippen LogP contribution in [-0.2, 0) is 23.4 Å². The molecule has 0 radical (unpaired) electrons. The second-order valence-electron chi connectivity index (χ2n) is 8.22. The van der Waals surface area contributed by atoms with E-state index in [1.165, 1.54) is 19.1 Å². The van der Waals surface area contributed by atoms with E-state index in [9.17, 15) is 28.0 Å². The number of hydrogen-bond donors (Lipinski definition) is 3. The molecule has 1 aromatic heterocycles. The molecular formula is C21H27F2N4O8P. The molecule has 2 heterocycles. The number of carbonyl (C=O) groups is 1. The van der Waals surface area contributed by atoms with Crippen LogP contribution in [0.15, 0.2) is 47.4 Å². The molecule has 1 saturated heterocycles. The smallest absolute Gasteiger partial charge is 0.459 e. The van der Waals surface area contributed by atoms with Gasteiger partial charge < -0.3 is 24.8 Å². The summed E-state index contributed by atoms with van der Waals surface area (Å²) in [6.45, 7) is 3.74. The van der Waals surface area contributed by atoms with Crippen LogP contribution in [0.5, 0.6) is 5.75 Å². The number of anilines is 1. The van der Waals surface area contributed by atoms with Gasteiger partial charge in [-0.05, 0) is 39.0 Å². The summed E-state index contributed by atoms with van der Waals surface area (Å²) in [4.78, 5) is 27.6. The number of aliphatic hydroxyl groups is 1. The Kier molecular flexibility index (Phi) is 8.47. The maximum Gasteiger partial charge on any atom is 0.459 e. The molecule has 3 rings (SSSR count). The molecule has 1 fully saturated rings. The summed E-state index contributed by atoms with van der Waals surface area (Å²) in [5.41, 5.74) is 4.27. The summed E-state index contributed by atoms with van der Waals surface area (Å²) >= 11 is 0. The zero-order valence-corrected chi connectivity index (χ0v) is 20.5. The van der Waals surface area contributed by atoms with Gasteiger partial charge in [0.25, 0.3) is 0 Å². The highest BCUT2D eigenvalue weighted by Crippen LogP contribution is 2.48. The van der Waals surface area contributed by atoms with Crippen LogP contribution in [0.1, 0.15) is 27.0 Å². The number of halogens is 2. The number of carbonyl (C=O) groups excluding carboxylic acids is 1. The Balaban J connectivity index is 1.79. The van der Waals surface area contributed by atoms with Crippen LogP contribution < -0.4 is 21.0 Å². The van der Waals surface area contributed by atoms with Crippen molar-refractivity contribution >= 4 is 19.5 Å². The average Bonchev–Trinajstić information content (AvgIpc) is 3.01. The van der Waals surface area contributed by atoms with Crippen molar-refractivity contribution in [1.29, 1.82) is 0 Å². The van der Waals surface area contributed by atoms with Gasteiger partial charge in [-0.15, -0.1) is 0 Å². The van der Waals surface area contributed by atoms with E-state index in [2.05, 4.69) is 10.1 Å². The number of nitrogens with zero attached hydrogens (tertiary/aromatic N) is 2. The minimum absolute atomic E-state index is 0.0911. The Hall–Kier alpha value is -2.90. The maximum atomic E-state index is 14.8. The number of benzene rings is 1. The van der Waals surface area contributed by atoms with Gasteiger partial charge in [0.1, 0.15) is 23.7 Å². The molecule has 1 aliphatic heterocycles. The average molecular weight is 532 g/mol. The van der Waals surface area contributed by atoms with Gasteiger partial charge in [-0.1, -0.05) is 18.2 Å². The first-order valence-corrected chi connectivity index (χ1v) is 12.4. The Labute approximate surface area is 204 Å². The number of aromatic nitrogens is 2. The van der Waals surface area contributed by atoms with Crippen molar-refractivity contribution in [2.45, 2.75) is 57.3 Å². The normalized spacial score (nSPS) is 23.7. The van der Waals surface area contributed by atoms with Gasteiger partial charge >= 0.3 is 25.3 Å². The van der Waals surface area contributed by atoms with Crippen molar-refractivity contribution in [1.82, 2.24) is 14.6 Å². The van der Waals surface area contributed by atoms with Gasteiger partial charge in [-0.2, -0.15) is 18.9 Å². The molecule has 1 aromatic carbocycles. The molecule has 1 unspecified atom stereocenters. The van der Waals surface area contributed by atoms with Crippen molar-refractivity contribution < 1.29 is 41.8 Å². The van der Waals surface area contributed by atoms with E-state index in [1.807, 2.05) is 0 Å². The first-order chi connectivity index (χ1) is 16.8. The minimum Gasteiger partial charge on any atom is -0.462 e. The van der Waals surface area contributed by atoms with E-state index in [0.717, 1.165) is 12.3 Å². The largest absolute Gasteiger partial charge is 0.462 e.